The molecule has 0 unspecified atom stereocenters. The lowest BCUT2D eigenvalue weighted by molar-refractivity contribution is -0.0743. The minimum atomic E-state index is -0.481. The van der Waals surface area contributed by atoms with E-state index in [2.05, 4.69) is 34.6 Å². The third kappa shape index (κ3) is 18.4. The van der Waals surface area contributed by atoms with Crippen LogP contribution in [0.5, 0.6) is 0 Å². The fraction of sp³-hybridized carbons (Fsp3) is 1.00. The number of aliphatic hydroxyl groups is 1. The average Bonchev–Trinajstić information content (AvgIpc) is 2.75. The molecule has 0 saturated heterocycles. The van der Waals surface area contributed by atoms with Gasteiger partial charge in [0.15, 0.2) is 0 Å². The number of rotatable bonds is 24. The van der Waals surface area contributed by atoms with Crippen molar-refractivity contribution in [2.24, 2.45) is 5.41 Å². The molecule has 0 aliphatic rings. The van der Waals surface area contributed by atoms with E-state index in [4.69, 9.17) is 0 Å². The summed E-state index contributed by atoms with van der Waals surface area (Å²) in [5.41, 5.74) is -0.491. The smallest absolute Gasteiger partial charge is 0.0695 e. The Morgan fingerprint density at radius 1 is 0.375 bits per heavy atom. The van der Waals surface area contributed by atoms with Crippen LogP contribution in [-0.2, 0) is 0 Å². The van der Waals surface area contributed by atoms with Crippen LogP contribution in [0.15, 0.2) is 0 Å². The van der Waals surface area contributed by atoms with E-state index < -0.39 is 5.60 Å². The number of unbranched alkanes of at least 4 members (excludes halogenated alkanes) is 20. The van der Waals surface area contributed by atoms with Crippen LogP contribution in [0.25, 0.3) is 0 Å². The van der Waals surface area contributed by atoms with Crippen molar-refractivity contribution in [3.63, 3.8) is 0 Å². The summed E-state index contributed by atoms with van der Waals surface area (Å²) in [5, 5.41) is 11.4. The average molecular weight is 453 g/mol. The molecule has 32 heavy (non-hydrogen) atoms. The van der Waals surface area contributed by atoms with Gasteiger partial charge in [-0.3, -0.25) is 0 Å². The summed E-state index contributed by atoms with van der Waals surface area (Å²) in [6, 6.07) is 0. The van der Waals surface area contributed by atoms with E-state index in [9.17, 15) is 5.11 Å². The quantitative estimate of drug-likeness (QED) is 0.144. The lowest BCUT2D eigenvalue weighted by Gasteiger charge is -2.41. The van der Waals surface area contributed by atoms with Crippen LogP contribution in [0.4, 0.5) is 0 Å². The van der Waals surface area contributed by atoms with Gasteiger partial charge in [0.2, 0.25) is 0 Å². The van der Waals surface area contributed by atoms with Gasteiger partial charge in [0.25, 0.3) is 0 Å². The second-order valence-electron chi connectivity index (χ2n) is 11.9. The Morgan fingerprint density at radius 3 is 0.812 bits per heavy atom. The van der Waals surface area contributed by atoms with Crippen molar-refractivity contribution >= 4 is 0 Å². The Morgan fingerprint density at radius 2 is 0.594 bits per heavy atom. The SMILES string of the molecule is CCCCCCCCCCCCCC(O)(CCCCCCCCCCCCC)C(C)(C)C. The molecular weight excluding hydrogens is 388 g/mol. The summed E-state index contributed by atoms with van der Waals surface area (Å²) >= 11 is 0. The third-order valence-corrected chi connectivity index (χ3v) is 7.78. The maximum atomic E-state index is 11.4. The Kier molecular flexibility index (Phi) is 21.5. The van der Waals surface area contributed by atoms with E-state index >= 15 is 0 Å². The topological polar surface area (TPSA) is 20.2 Å². The molecule has 1 heteroatoms. The van der Waals surface area contributed by atoms with Crippen molar-refractivity contribution < 1.29 is 5.11 Å². The predicted molar refractivity (Wildman–Crippen MR) is 147 cm³/mol. The highest BCUT2D eigenvalue weighted by Crippen LogP contribution is 2.39. The molecule has 0 bridgehead atoms. The number of hydrogen-bond acceptors (Lipinski definition) is 1. The molecule has 0 amide bonds. The summed E-state index contributed by atoms with van der Waals surface area (Å²) < 4.78 is 0. The fourth-order valence-corrected chi connectivity index (χ4v) is 5.04. The molecule has 0 atom stereocenters. The Bertz CT molecular complexity index is 341. The maximum Gasteiger partial charge on any atom is 0.0695 e. The zero-order valence-electron chi connectivity index (χ0n) is 23.4. The van der Waals surface area contributed by atoms with Crippen molar-refractivity contribution in [1.82, 2.24) is 0 Å². The molecule has 0 aliphatic heterocycles. The van der Waals surface area contributed by atoms with Gasteiger partial charge < -0.3 is 5.11 Å². The zero-order valence-corrected chi connectivity index (χ0v) is 23.4. The fourth-order valence-electron chi connectivity index (χ4n) is 5.04. The van der Waals surface area contributed by atoms with Crippen molar-refractivity contribution in [2.45, 2.75) is 194 Å². The lowest BCUT2D eigenvalue weighted by atomic mass is 9.70. The van der Waals surface area contributed by atoms with Gasteiger partial charge in [-0.05, 0) is 18.3 Å². The van der Waals surface area contributed by atoms with E-state index in [0.717, 1.165) is 12.8 Å². The van der Waals surface area contributed by atoms with Gasteiger partial charge in [0.1, 0.15) is 0 Å². The van der Waals surface area contributed by atoms with E-state index in [1.807, 2.05) is 0 Å². The molecule has 0 aromatic heterocycles. The highest BCUT2D eigenvalue weighted by molar-refractivity contribution is 4.90. The minimum Gasteiger partial charge on any atom is -0.389 e. The highest BCUT2D eigenvalue weighted by Gasteiger charge is 2.38. The van der Waals surface area contributed by atoms with Crippen LogP contribution in [0, 0.1) is 5.41 Å². The van der Waals surface area contributed by atoms with Crippen LogP contribution in [0.2, 0.25) is 0 Å². The van der Waals surface area contributed by atoms with Gasteiger partial charge in [-0.15, -0.1) is 0 Å². The Balaban J connectivity index is 3.77. The van der Waals surface area contributed by atoms with E-state index in [1.165, 1.54) is 141 Å². The molecule has 0 aliphatic carbocycles. The first kappa shape index (κ1) is 32.0. The number of hydrogen-bond donors (Lipinski definition) is 1. The van der Waals surface area contributed by atoms with E-state index in [-0.39, 0.29) is 5.41 Å². The van der Waals surface area contributed by atoms with Crippen LogP contribution in [0.3, 0.4) is 0 Å². The van der Waals surface area contributed by atoms with Crippen LogP contribution < -0.4 is 0 Å². The molecule has 0 rings (SSSR count). The molecule has 0 aromatic rings. The molecule has 0 saturated carbocycles. The minimum absolute atomic E-state index is 0.00994. The molecule has 1 N–H and O–H groups in total. The summed E-state index contributed by atoms with van der Waals surface area (Å²) in [6.45, 7) is 11.3. The molecule has 1 nitrogen and oxygen atoms in total. The van der Waals surface area contributed by atoms with Gasteiger partial charge in [-0.25, -0.2) is 0 Å². The van der Waals surface area contributed by atoms with Gasteiger partial charge >= 0.3 is 0 Å². The molecule has 0 spiro atoms. The summed E-state index contributed by atoms with van der Waals surface area (Å²) in [7, 11) is 0. The standard InChI is InChI=1S/C31H64O/c1-6-8-10-12-14-16-18-20-22-24-26-28-31(32,30(3,4)5)29-27-25-23-21-19-17-15-13-11-9-7-2/h32H,6-29H2,1-5H3. The third-order valence-electron chi connectivity index (χ3n) is 7.78. The second-order valence-corrected chi connectivity index (χ2v) is 11.9. The monoisotopic (exact) mass is 452 g/mol. The summed E-state index contributed by atoms with van der Waals surface area (Å²) in [5.74, 6) is 0. The Hall–Kier alpha value is -0.0400. The first-order valence-electron chi connectivity index (χ1n) is 15.1. The predicted octanol–water partition coefficient (Wildman–Crippen LogP) is 11.2. The second kappa shape index (κ2) is 21.5. The van der Waals surface area contributed by atoms with Gasteiger partial charge in [-0.2, -0.15) is 0 Å². The zero-order chi connectivity index (χ0) is 24.0. The van der Waals surface area contributed by atoms with Crippen molar-refractivity contribution in [3.8, 4) is 0 Å². The van der Waals surface area contributed by atoms with Crippen molar-refractivity contribution in [3.05, 3.63) is 0 Å². The van der Waals surface area contributed by atoms with Gasteiger partial charge in [0.05, 0.1) is 5.60 Å². The lowest BCUT2D eigenvalue weighted by Crippen LogP contribution is -2.42. The van der Waals surface area contributed by atoms with Crippen LogP contribution >= 0.6 is 0 Å². The first-order chi connectivity index (χ1) is 15.4. The highest BCUT2D eigenvalue weighted by atomic mass is 16.3. The van der Waals surface area contributed by atoms with Gasteiger partial charge in [-0.1, -0.05) is 176 Å². The maximum absolute atomic E-state index is 11.4. The molecule has 0 fully saturated rings. The van der Waals surface area contributed by atoms with Crippen molar-refractivity contribution in [1.29, 1.82) is 0 Å². The normalized spacial score (nSPS) is 12.6. The molecule has 194 valence electrons. The molecular formula is C31H64O. The van der Waals surface area contributed by atoms with Gasteiger partial charge in [0, 0.05) is 0 Å². The molecule has 0 radical (unpaired) electrons. The Labute approximate surface area is 204 Å². The molecule has 0 aromatic carbocycles. The van der Waals surface area contributed by atoms with E-state index in [1.54, 1.807) is 0 Å². The largest absolute Gasteiger partial charge is 0.389 e. The van der Waals surface area contributed by atoms with Crippen molar-refractivity contribution in [2.75, 3.05) is 0 Å². The van der Waals surface area contributed by atoms with Crippen LogP contribution in [0.1, 0.15) is 189 Å². The molecule has 0 heterocycles. The summed E-state index contributed by atoms with van der Waals surface area (Å²) in [6.07, 6.45) is 32.3. The first-order valence-corrected chi connectivity index (χ1v) is 15.1. The summed E-state index contributed by atoms with van der Waals surface area (Å²) in [4.78, 5) is 0. The van der Waals surface area contributed by atoms with Crippen LogP contribution in [-0.4, -0.2) is 10.7 Å². The van der Waals surface area contributed by atoms with E-state index in [0.29, 0.717) is 0 Å².